The topological polar surface area (TPSA) is 34.1 Å². The molecule has 2 heteroatoms. The van der Waals surface area contributed by atoms with Gasteiger partial charge in [0.15, 0.2) is 0 Å². The Morgan fingerprint density at radius 2 is 1.26 bits per heavy atom. The first-order valence-electron chi connectivity index (χ1n) is 12.2. The van der Waals surface area contributed by atoms with Crippen molar-refractivity contribution >= 4 is 11.6 Å². The summed E-state index contributed by atoms with van der Waals surface area (Å²) in [6.07, 6.45) is 21.9. The van der Waals surface area contributed by atoms with Crippen LogP contribution in [-0.4, -0.2) is 11.6 Å². The molecule has 0 aromatic heterocycles. The molecular formula is C25H44O2. The number of unbranched alkanes of at least 4 members (excludes halogenated alkanes) is 2. The van der Waals surface area contributed by atoms with Crippen LogP contribution in [0.5, 0.6) is 0 Å². The van der Waals surface area contributed by atoms with Crippen molar-refractivity contribution in [3.63, 3.8) is 0 Å². The van der Waals surface area contributed by atoms with Crippen LogP contribution in [0.15, 0.2) is 0 Å². The molecule has 2 aliphatic carbocycles. The molecule has 2 atom stereocenters. The molecule has 2 saturated carbocycles. The third kappa shape index (κ3) is 9.39. The lowest BCUT2D eigenvalue weighted by molar-refractivity contribution is -0.120. The van der Waals surface area contributed by atoms with Gasteiger partial charge in [-0.1, -0.05) is 84.0 Å². The van der Waals surface area contributed by atoms with Crippen LogP contribution in [-0.2, 0) is 9.59 Å². The molecule has 0 spiro atoms. The molecule has 0 aliphatic heterocycles. The van der Waals surface area contributed by atoms with Gasteiger partial charge in [-0.3, -0.25) is 9.59 Å². The molecular weight excluding hydrogens is 332 g/mol. The summed E-state index contributed by atoms with van der Waals surface area (Å²) in [4.78, 5) is 24.3. The summed E-state index contributed by atoms with van der Waals surface area (Å²) in [6, 6.07) is 0. The normalized spacial score (nSPS) is 24.0. The van der Waals surface area contributed by atoms with E-state index in [0.29, 0.717) is 17.5 Å². The summed E-state index contributed by atoms with van der Waals surface area (Å²) in [7, 11) is 0. The molecule has 2 rings (SSSR count). The van der Waals surface area contributed by atoms with E-state index in [1.165, 1.54) is 70.6 Å². The predicted octanol–water partition coefficient (Wildman–Crippen LogP) is 7.43. The van der Waals surface area contributed by atoms with Crippen molar-refractivity contribution in [2.75, 3.05) is 0 Å². The number of carbonyl (C=O) groups is 2. The maximum absolute atomic E-state index is 12.2. The Kier molecular flexibility index (Phi) is 11.3. The third-order valence-electron chi connectivity index (χ3n) is 7.17. The average Bonchev–Trinajstić information content (AvgIpc) is 2.68. The second-order valence-electron chi connectivity index (χ2n) is 9.48. The van der Waals surface area contributed by atoms with Crippen molar-refractivity contribution in [3.8, 4) is 0 Å². The van der Waals surface area contributed by atoms with Gasteiger partial charge in [0.1, 0.15) is 11.6 Å². The molecule has 0 amide bonds. The van der Waals surface area contributed by atoms with Crippen LogP contribution in [0, 0.1) is 17.8 Å². The van der Waals surface area contributed by atoms with Crippen molar-refractivity contribution in [3.05, 3.63) is 0 Å². The van der Waals surface area contributed by atoms with E-state index in [-0.39, 0.29) is 0 Å². The van der Waals surface area contributed by atoms with Crippen molar-refractivity contribution < 1.29 is 9.59 Å². The zero-order chi connectivity index (χ0) is 19.3. The highest BCUT2D eigenvalue weighted by atomic mass is 16.1. The number of hydrogen-bond acceptors (Lipinski definition) is 2. The van der Waals surface area contributed by atoms with Gasteiger partial charge >= 0.3 is 0 Å². The van der Waals surface area contributed by atoms with E-state index in [2.05, 4.69) is 6.92 Å². The van der Waals surface area contributed by atoms with E-state index in [0.717, 1.165) is 63.2 Å². The van der Waals surface area contributed by atoms with Gasteiger partial charge in [-0.2, -0.15) is 0 Å². The number of carbonyl (C=O) groups excluding carboxylic acids is 2. The molecule has 0 radical (unpaired) electrons. The smallest absolute Gasteiger partial charge is 0.133 e. The SMILES string of the molecule is CCCC1CCCCC1CCC(=O)CCCCCC(=O)CC1CCCCC1. The maximum Gasteiger partial charge on any atom is 0.133 e. The molecule has 0 saturated heterocycles. The van der Waals surface area contributed by atoms with E-state index in [4.69, 9.17) is 0 Å². The van der Waals surface area contributed by atoms with Crippen molar-refractivity contribution in [1.29, 1.82) is 0 Å². The lowest BCUT2D eigenvalue weighted by Gasteiger charge is -2.31. The Morgan fingerprint density at radius 1 is 0.667 bits per heavy atom. The highest BCUT2D eigenvalue weighted by molar-refractivity contribution is 5.79. The standard InChI is InChI=1S/C25H44O2/c1-2-11-22-14-9-10-15-23(22)18-19-24(26)16-7-4-8-17-25(27)20-21-12-5-3-6-13-21/h21-23H,2-20H2,1H3. The van der Waals surface area contributed by atoms with Gasteiger partial charge in [-0.05, 0) is 37.0 Å². The van der Waals surface area contributed by atoms with Crippen molar-refractivity contribution in [2.24, 2.45) is 17.8 Å². The Balaban J connectivity index is 1.48. The quantitative estimate of drug-likeness (QED) is 0.313. The largest absolute Gasteiger partial charge is 0.300 e. The second-order valence-corrected chi connectivity index (χ2v) is 9.48. The van der Waals surface area contributed by atoms with Crippen LogP contribution in [0.4, 0.5) is 0 Å². The fraction of sp³-hybridized carbons (Fsp3) is 0.920. The zero-order valence-electron chi connectivity index (χ0n) is 18.0. The number of Topliss-reactive ketones (excluding diaryl/α,β-unsaturated/α-hetero) is 2. The van der Waals surface area contributed by atoms with Crippen LogP contribution < -0.4 is 0 Å². The van der Waals surface area contributed by atoms with Crippen LogP contribution in [0.1, 0.15) is 129 Å². The minimum atomic E-state index is 0.462. The first-order chi connectivity index (χ1) is 13.2. The van der Waals surface area contributed by atoms with Gasteiger partial charge in [-0.25, -0.2) is 0 Å². The van der Waals surface area contributed by atoms with Crippen LogP contribution in [0.25, 0.3) is 0 Å². The molecule has 2 nitrogen and oxygen atoms in total. The summed E-state index contributed by atoms with van der Waals surface area (Å²) in [5, 5.41) is 0. The molecule has 0 aromatic carbocycles. The van der Waals surface area contributed by atoms with E-state index in [1.807, 2.05) is 0 Å². The molecule has 0 aromatic rings. The Labute approximate surface area is 168 Å². The zero-order valence-corrected chi connectivity index (χ0v) is 18.0. The Hall–Kier alpha value is -0.660. The lowest BCUT2D eigenvalue weighted by Crippen LogP contribution is -2.20. The highest BCUT2D eigenvalue weighted by Crippen LogP contribution is 2.36. The first-order valence-corrected chi connectivity index (χ1v) is 12.2. The minimum Gasteiger partial charge on any atom is -0.300 e. The van der Waals surface area contributed by atoms with Gasteiger partial charge in [0, 0.05) is 25.7 Å². The van der Waals surface area contributed by atoms with Crippen LogP contribution in [0.3, 0.4) is 0 Å². The summed E-state index contributed by atoms with van der Waals surface area (Å²) in [5.41, 5.74) is 0. The molecule has 156 valence electrons. The highest BCUT2D eigenvalue weighted by Gasteiger charge is 2.24. The number of rotatable bonds is 13. The predicted molar refractivity (Wildman–Crippen MR) is 114 cm³/mol. The molecule has 0 bridgehead atoms. The second kappa shape index (κ2) is 13.5. The summed E-state index contributed by atoms with van der Waals surface area (Å²) < 4.78 is 0. The Bertz CT molecular complexity index is 420. The fourth-order valence-electron chi connectivity index (χ4n) is 5.52. The van der Waals surface area contributed by atoms with E-state index >= 15 is 0 Å². The monoisotopic (exact) mass is 376 g/mol. The molecule has 2 aliphatic rings. The fourth-order valence-corrected chi connectivity index (χ4v) is 5.52. The van der Waals surface area contributed by atoms with Crippen LogP contribution >= 0.6 is 0 Å². The van der Waals surface area contributed by atoms with Gasteiger partial charge in [0.2, 0.25) is 0 Å². The third-order valence-corrected chi connectivity index (χ3v) is 7.17. The molecule has 2 fully saturated rings. The molecule has 2 unspecified atom stereocenters. The van der Waals surface area contributed by atoms with Crippen molar-refractivity contribution in [1.82, 2.24) is 0 Å². The summed E-state index contributed by atoms with van der Waals surface area (Å²) >= 11 is 0. The first kappa shape index (κ1) is 22.6. The maximum atomic E-state index is 12.2. The number of hydrogen-bond donors (Lipinski definition) is 0. The van der Waals surface area contributed by atoms with Gasteiger partial charge in [0.05, 0.1) is 0 Å². The molecule has 27 heavy (non-hydrogen) atoms. The number of ketones is 2. The van der Waals surface area contributed by atoms with Gasteiger partial charge in [-0.15, -0.1) is 0 Å². The van der Waals surface area contributed by atoms with E-state index in [9.17, 15) is 9.59 Å². The lowest BCUT2D eigenvalue weighted by atomic mass is 9.74. The van der Waals surface area contributed by atoms with Crippen molar-refractivity contribution in [2.45, 2.75) is 129 Å². The van der Waals surface area contributed by atoms with Gasteiger partial charge in [0.25, 0.3) is 0 Å². The summed E-state index contributed by atoms with van der Waals surface area (Å²) in [6.45, 7) is 2.29. The Morgan fingerprint density at radius 3 is 1.93 bits per heavy atom. The van der Waals surface area contributed by atoms with Gasteiger partial charge < -0.3 is 0 Å². The minimum absolute atomic E-state index is 0.462. The van der Waals surface area contributed by atoms with Crippen LogP contribution in [0.2, 0.25) is 0 Å². The molecule has 0 heterocycles. The average molecular weight is 377 g/mol. The van der Waals surface area contributed by atoms with E-state index < -0.39 is 0 Å². The summed E-state index contributed by atoms with van der Waals surface area (Å²) in [5.74, 6) is 3.28. The molecule has 0 N–H and O–H groups in total. The van der Waals surface area contributed by atoms with E-state index in [1.54, 1.807) is 0 Å².